The summed E-state index contributed by atoms with van der Waals surface area (Å²) in [4.78, 5) is 0.190. The Balaban J connectivity index is 1.82. The first-order valence-electron chi connectivity index (χ1n) is 7.83. The van der Waals surface area contributed by atoms with Crippen LogP contribution in [0.2, 0.25) is 5.02 Å². The van der Waals surface area contributed by atoms with Crippen molar-refractivity contribution in [2.75, 3.05) is 4.72 Å². The number of aromatic nitrogens is 2. The van der Waals surface area contributed by atoms with Crippen LogP contribution >= 0.6 is 11.6 Å². The molecule has 0 spiro atoms. The van der Waals surface area contributed by atoms with Crippen LogP contribution in [-0.2, 0) is 16.6 Å². The van der Waals surface area contributed by atoms with E-state index in [-0.39, 0.29) is 22.3 Å². The molecule has 1 aromatic heterocycles. The summed E-state index contributed by atoms with van der Waals surface area (Å²) in [5.74, 6) is -0.289. The van der Waals surface area contributed by atoms with Crippen LogP contribution in [0, 0.1) is 19.7 Å². The summed E-state index contributed by atoms with van der Waals surface area (Å²) in [7, 11) is -3.76. The minimum atomic E-state index is -3.76. The van der Waals surface area contributed by atoms with E-state index >= 15 is 0 Å². The summed E-state index contributed by atoms with van der Waals surface area (Å²) in [6, 6.07) is 11.0. The topological polar surface area (TPSA) is 64.0 Å². The average Bonchev–Trinajstić information content (AvgIpc) is 2.97. The minimum Gasteiger partial charge on any atom is -0.266 e. The fourth-order valence-corrected chi connectivity index (χ4v) is 4.09. The van der Waals surface area contributed by atoms with Gasteiger partial charge in [0.15, 0.2) is 5.82 Å². The van der Waals surface area contributed by atoms with Gasteiger partial charge in [-0.05, 0) is 37.6 Å². The van der Waals surface area contributed by atoms with Crippen molar-refractivity contribution in [1.82, 2.24) is 9.78 Å². The maximum atomic E-state index is 13.9. The lowest BCUT2D eigenvalue weighted by atomic mass is 10.2. The van der Waals surface area contributed by atoms with Crippen LogP contribution in [0.1, 0.15) is 16.7 Å². The molecule has 3 aromatic rings. The maximum Gasteiger partial charge on any atom is 0.263 e. The van der Waals surface area contributed by atoms with Crippen molar-refractivity contribution >= 4 is 27.4 Å². The van der Waals surface area contributed by atoms with Gasteiger partial charge in [-0.1, -0.05) is 35.4 Å². The van der Waals surface area contributed by atoms with E-state index in [9.17, 15) is 12.8 Å². The van der Waals surface area contributed by atoms with Crippen molar-refractivity contribution in [3.8, 4) is 0 Å². The molecule has 5 nitrogen and oxygen atoms in total. The van der Waals surface area contributed by atoms with Gasteiger partial charge in [0.25, 0.3) is 10.0 Å². The van der Waals surface area contributed by atoms with Gasteiger partial charge >= 0.3 is 0 Å². The highest BCUT2D eigenvalue weighted by Crippen LogP contribution is 2.22. The molecule has 0 aliphatic carbocycles. The Hall–Kier alpha value is -2.38. The summed E-state index contributed by atoms with van der Waals surface area (Å²) >= 11 is 6.01. The third-order valence-corrected chi connectivity index (χ3v) is 5.75. The van der Waals surface area contributed by atoms with Gasteiger partial charge in [-0.25, -0.2) is 12.8 Å². The number of nitrogens with zero attached hydrogens (tertiary/aromatic N) is 2. The first-order valence-corrected chi connectivity index (χ1v) is 9.69. The number of sulfonamides is 1. The Morgan fingerprint density at radius 2 is 1.96 bits per heavy atom. The highest BCUT2D eigenvalue weighted by molar-refractivity contribution is 7.92. The van der Waals surface area contributed by atoms with Crippen molar-refractivity contribution in [2.45, 2.75) is 25.3 Å². The first kappa shape index (κ1) is 18.4. The van der Waals surface area contributed by atoms with E-state index < -0.39 is 15.8 Å². The molecule has 0 radical (unpaired) electrons. The van der Waals surface area contributed by atoms with Crippen LogP contribution in [-0.4, -0.2) is 18.2 Å². The molecule has 0 fully saturated rings. The van der Waals surface area contributed by atoms with Crippen LogP contribution in [0.4, 0.5) is 10.2 Å². The van der Waals surface area contributed by atoms with Crippen LogP contribution in [0.25, 0.3) is 0 Å². The summed E-state index contributed by atoms with van der Waals surface area (Å²) in [5.41, 5.74) is 1.92. The second-order valence-corrected chi connectivity index (χ2v) is 8.03. The Kier molecular flexibility index (Phi) is 5.02. The Bertz CT molecular complexity index is 1040. The van der Waals surface area contributed by atoms with Gasteiger partial charge in [-0.2, -0.15) is 5.10 Å². The number of nitrogens with one attached hydrogen (secondary N) is 1. The zero-order chi connectivity index (χ0) is 18.9. The molecule has 0 saturated heterocycles. The number of benzene rings is 2. The van der Waals surface area contributed by atoms with Crippen molar-refractivity contribution < 1.29 is 12.8 Å². The molecule has 8 heteroatoms. The molecule has 0 atom stereocenters. The molecule has 0 unspecified atom stereocenters. The van der Waals surface area contributed by atoms with Crippen LogP contribution in [0.3, 0.4) is 0 Å². The van der Waals surface area contributed by atoms with Gasteiger partial charge in [0.05, 0.1) is 11.4 Å². The summed E-state index contributed by atoms with van der Waals surface area (Å²) in [6.45, 7) is 3.73. The number of rotatable bonds is 5. The fourth-order valence-electron chi connectivity index (χ4n) is 2.64. The van der Waals surface area contributed by atoms with E-state index in [2.05, 4.69) is 9.82 Å². The number of aryl methyl sites for hydroxylation is 2. The molecule has 1 heterocycles. The molecular formula is C18H17ClFN3O2S. The van der Waals surface area contributed by atoms with Gasteiger partial charge in [-0.3, -0.25) is 9.40 Å². The molecule has 1 N–H and O–H groups in total. The minimum absolute atomic E-state index is 0.0940. The predicted octanol–water partition coefficient (Wildman–Crippen LogP) is 4.14. The van der Waals surface area contributed by atoms with Gasteiger partial charge in [0, 0.05) is 22.8 Å². The van der Waals surface area contributed by atoms with E-state index in [0.717, 1.165) is 5.56 Å². The lowest BCUT2D eigenvalue weighted by Gasteiger charge is -2.09. The monoisotopic (exact) mass is 393 g/mol. The van der Waals surface area contributed by atoms with Crippen molar-refractivity contribution in [3.05, 3.63) is 76.2 Å². The van der Waals surface area contributed by atoms with Crippen LogP contribution in [0.15, 0.2) is 53.6 Å². The number of anilines is 1. The molecule has 0 saturated carbocycles. The molecule has 0 bridgehead atoms. The van der Waals surface area contributed by atoms with E-state index in [1.807, 2.05) is 6.92 Å². The van der Waals surface area contributed by atoms with E-state index in [1.165, 1.54) is 22.9 Å². The molecule has 0 amide bonds. The summed E-state index contributed by atoms with van der Waals surface area (Å²) < 4.78 is 42.9. The van der Waals surface area contributed by atoms with Crippen LogP contribution in [0.5, 0.6) is 0 Å². The van der Waals surface area contributed by atoms with Crippen molar-refractivity contribution in [2.24, 2.45) is 0 Å². The highest BCUT2D eigenvalue weighted by Gasteiger charge is 2.18. The summed E-state index contributed by atoms with van der Waals surface area (Å²) in [6.07, 6.45) is 1.56. The van der Waals surface area contributed by atoms with Crippen LogP contribution < -0.4 is 4.72 Å². The van der Waals surface area contributed by atoms with Crippen molar-refractivity contribution in [3.63, 3.8) is 0 Å². The molecule has 0 aliphatic rings. The standard InChI is InChI=1S/C18H17ClFN3O2S/c1-12-6-7-17(13(2)10-12)26(24,25)22-18-8-9-23(21-18)11-14-15(19)4-3-5-16(14)20/h3-10H,11H2,1-2H3,(H,21,22). The van der Waals surface area contributed by atoms with Gasteiger partial charge in [0.2, 0.25) is 0 Å². The SMILES string of the molecule is Cc1ccc(S(=O)(=O)Nc2ccn(Cc3c(F)cccc3Cl)n2)c(C)c1. The second-order valence-electron chi connectivity index (χ2n) is 5.97. The molecule has 26 heavy (non-hydrogen) atoms. The molecular weight excluding hydrogens is 377 g/mol. The highest BCUT2D eigenvalue weighted by atomic mass is 35.5. The summed E-state index contributed by atoms with van der Waals surface area (Å²) in [5, 5.41) is 4.44. The second kappa shape index (κ2) is 7.09. The Morgan fingerprint density at radius 1 is 1.19 bits per heavy atom. The van der Waals surface area contributed by atoms with E-state index in [1.54, 1.807) is 37.4 Å². The van der Waals surface area contributed by atoms with Crippen molar-refractivity contribution in [1.29, 1.82) is 0 Å². The van der Waals surface area contributed by atoms with E-state index in [4.69, 9.17) is 11.6 Å². The van der Waals surface area contributed by atoms with Gasteiger partial charge < -0.3 is 0 Å². The third-order valence-electron chi connectivity index (χ3n) is 3.88. The molecule has 3 rings (SSSR count). The predicted molar refractivity (Wildman–Crippen MR) is 99.5 cm³/mol. The molecule has 0 aliphatic heterocycles. The maximum absolute atomic E-state index is 13.9. The quantitative estimate of drug-likeness (QED) is 0.708. The molecule has 2 aromatic carbocycles. The van der Waals surface area contributed by atoms with Gasteiger partial charge in [-0.15, -0.1) is 0 Å². The third kappa shape index (κ3) is 3.89. The molecule has 136 valence electrons. The van der Waals surface area contributed by atoms with Gasteiger partial charge in [0.1, 0.15) is 5.82 Å². The number of halogens is 2. The number of hydrogen-bond acceptors (Lipinski definition) is 3. The lowest BCUT2D eigenvalue weighted by molar-refractivity contribution is 0.585. The van der Waals surface area contributed by atoms with E-state index in [0.29, 0.717) is 11.1 Å². The fraction of sp³-hybridized carbons (Fsp3) is 0.167. The number of hydrogen-bond donors (Lipinski definition) is 1. The average molecular weight is 394 g/mol. The first-order chi connectivity index (χ1) is 12.3. The lowest BCUT2D eigenvalue weighted by Crippen LogP contribution is -2.15. The zero-order valence-electron chi connectivity index (χ0n) is 14.2. The normalized spacial score (nSPS) is 11.5. The largest absolute Gasteiger partial charge is 0.266 e. The Morgan fingerprint density at radius 3 is 2.65 bits per heavy atom. The smallest absolute Gasteiger partial charge is 0.263 e. The zero-order valence-corrected chi connectivity index (χ0v) is 15.8. The Labute approximate surface area is 156 Å².